The van der Waals surface area contributed by atoms with Gasteiger partial charge < -0.3 is 4.42 Å². The van der Waals surface area contributed by atoms with Crippen molar-refractivity contribution in [3.05, 3.63) is 66.6 Å². The van der Waals surface area contributed by atoms with Crippen LogP contribution < -0.4 is 0 Å². The van der Waals surface area contributed by atoms with Gasteiger partial charge in [-0.05, 0) is 24.6 Å². The van der Waals surface area contributed by atoms with Crippen LogP contribution in [0.1, 0.15) is 12.0 Å². The number of hydrogen-bond donors (Lipinski definition) is 0. The average molecular weight is 302 g/mol. The topological polar surface area (TPSA) is 29.3 Å². The Morgan fingerprint density at radius 1 is 1.13 bits per heavy atom. The second-order valence-corrected chi connectivity index (χ2v) is 6.63. The van der Waals surface area contributed by atoms with E-state index in [0.717, 1.165) is 35.3 Å². The fourth-order valence-corrected chi connectivity index (χ4v) is 3.98. The molecular formula is C20H18N2O. The van der Waals surface area contributed by atoms with Gasteiger partial charge in [-0.25, -0.2) is 0 Å². The first-order valence-corrected chi connectivity index (χ1v) is 8.17. The van der Waals surface area contributed by atoms with Gasteiger partial charge in [0.1, 0.15) is 5.69 Å². The zero-order chi connectivity index (χ0) is 15.3. The van der Waals surface area contributed by atoms with E-state index in [2.05, 4.69) is 41.3 Å². The van der Waals surface area contributed by atoms with E-state index in [9.17, 15) is 0 Å². The van der Waals surface area contributed by atoms with Gasteiger partial charge >= 0.3 is 0 Å². The molecule has 0 spiro atoms. The molecule has 1 fully saturated rings. The van der Waals surface area contributed by atoms with Gasteiger partial charge in [-0.15, -0.1) is 0 Å². The molecule has 2 aromatic heterocycles. The number of fused-ring (bicyclic) bond motifs is 3. The van der Waals surface area contributed by atoms with Crippen LogP contribution in [0.4, 0.5) is 0 Å². The van der Waals surface area contributed by atoms with Crippen LogP contribution in [0.2, 0.25) is 0 Å². The van der Waals surface area contributed by atoms with E-state index >= 15 is 0 Å². The summed E-state index contributed by atoms with van der Waals surface area (Å²) in [6.07, 6.45) is 9.71. The minimum Gasteiger partial charge on any atom is -0.461 e. The van der Waals surface area contributed by atoms with Crippen molar-refractivity contribution in [1.82, 2.24) is 9.88 Å². The zero-order valence-electron chi connectivity index (χ0n) is 12.9. The maximum Gasteiger partial charge on any atom is 0.160 e. The van der Waals surface area contributed by atoms with Crippen LogP contribution in [0.3, 0.4) is 0 Å². The lowest BCUT2D eigenvalue weighted by molar-refractivity contribution is 0.345. The van der Waals surface area contributed by atoms with Crippen LogP contribution in [0.5, 0.6) is 0 Å². The molecule has 1 saturated heterocycles. The predicted octanol–water partition coefficient (Wildman–Crippen LogP) is 4.01. The number of hydrogen-bond acceptors (Lipinski definition) is 3. The third-order valence-electron chi connectivity index (χ3n) is 5.26. The molecule has 0 saturated carbocycles. The van der Waals surface area contributed by atoms with Crippen molar-refractivity contribution < 1.29 is 4.42 Å². The molecule has 5 rings (SSSR count). The summed E-state index contributed by atoms with van der Waals surface area (Å²) in [5.74, 6) is 0.858. The van der Waals surface area contributed by atoms with Crippen LogP contribution >= 0.6 is 0 Å². The third kappa shape index (κ3) is 1.97. The first-order chi connectivity index (χ1) is 11.3. The van der Waals surface area contributed by atoms with Crippen molar-refractivity contribution in [2.24, 2.45) is 0 Å². The smallest absolute Gasteiger partial charge is 0.160 e. The van der Waals surface area contributed by atoms with Gasteiger partial charge in [-0.3, -0.25) is 9.88 Å². The summed E-state index contributed by atoms with van der Waals surface area (Å²) < 4.78 is 5.76. The molecule has 4 heterocycles. The van der Waals surface area contributed by atoms with E-state index in [1.54, 1.807) is 6.26 Å². The third-order valence-corrected chi connectivity index (χ3v) is 5.26. The molecule has 0 amide bonds. The molecular weight excluding hydrogens is 284 g/mol. The Labute approximate surface area is 135 Å². The molecule has 2 aliphatic rings. The molecule has 3 aromatic rings. The van der Waals surface area contributed by atoms with Crippen molar-refractivity contribution >= 4 is 10.8 Å². The lowest BCUT2D eigenvalue weighted by atomic mass is 9.79. The van der Waals surface area contributed by atoms with Crippen LogP contribution in [-0.2, 0) is 5.41 Å². The number of furan rings is 1. The molecule has 0 aliphatic carbocycles. The molecule has 2 aliphatic heterocycles. The molecule has 2 bridgehead atoms. The number of nitrogens with zero attached hydrogens (tertiary/aromatic N) is 2. The molecule has 3 heteroatoms. The van der Waals surface area contributed by atoms with E-state index in [-0.39, 0.29) is 5.41 Å². The van der Waals surface area contributed by atoms with Crippen LogP contribution in [0.15, 0.2) is 65.4 Å². The largest absolute Gasteiger partial charge is 0.461 e. The molecule has 3 nitrogen and oxygen atoms in total. The Balaban J connectivity index is 1.55. The van der Waals surface area contributed by atoms with Crippen LogP contribution in [0.25, 0.3) is 22.2 Å². The first-order valence-electron chi connectivity index (χ1n) is 8.17. The Hall–Kier alpha value is -2.39. The molecule has 0 radical (unpaired) electrons. The van der Waals surface area contributed by atoms with Gasteiger partial charge in [0.25, 0.3) is 0 Å². The molecule has 0 N–H and O–H groups in total. The average Bonchev–Trinajstić information content (AvgIpc) is 3.17. The normalized spacial score (nSPS) is 26.0. The number of aromatic nitrogens is 1. The van der Waals surface area contributed by atoms with Crippen LogP contribution in [0, 0.1) is 0 Å². The van der Waals surface area contributed by atoms with Crippen molar-refractivity contribution in [2.75, 3.05) is 19.6 Å². The Bertz CT molecular complexity index is 893. The van der Waals surface area contributed by atoms with Crippen LogP contribution in [-0.4, -0.2) is 29.5 Å². The quantitative estimate of drug-likeness (QED) is 0.670. The van der Waals surface area contributed by atoms with E-state index in [1.807, 2.05) is 18.3 Å². The lowest BCUT2D eigenvalue weighted by Gasteiger charge is -2.29. The summed E-state index contributed by atoms with van der Waals surface area (Å²) in [5, 5.41) is 2.24. The first kappa shape index (κ1) is 13.1. The summed E-state index contributed by atoms with van der Waals surface area (Å²) in [5.41, 5.74) is 2.38. The number of pyridine rings is 1. The zero-order valence-corrected chi connectivity index (χ0v) is 12.9. The molecule has 1 aromatic carbocycles. The van der Waals surface area contributed by atoms with Gasteiger partial charge in [-0.2, -0.15) is 0 Å². The number of rotatable bonds is 2. The van der Waals surface area contributed by atoms with Gasteiger partial charge in [0.05, 0.1) is 6.26 Å². The highest BCUT2D eigenvalue weighted by molar-refractivity contribution is 5.93. The summed E-state index contributed by atoms with van der Waals surface area (Å²) in [6.45, 7) is 3.39. The Kier molecular flexibility index (Phi) is 2.73. The summed E-state index contributed by atoms with van der Waals surface area (Å²) in [6, 6.07) is 12.5. The monoisotopic (exact) mass is 302 g/mol. The summed E-state index contributed by atoms with van der Waals surface area (Å²) in [4.78, 5) is 7.22. The molecule has 23 heavy (non-hydrogen) atoms. The van der Waals surface area contributed by atoms with Gasteiger partial charge in [0.15, 0.2) is 5.76 Å². The van der Waals surface area contributed by atoms with Gasteiger partial charge in [0, 0.05) is 35.5 Å². The van der Waals surface area contributed by atoms with E-state index in [4.69, 9.17) is 9.40 Å². The molecule has 2 unspecified atom stereocenters. The molecule has 114 valence electrons. The predicted molar refractivity (Wildman–Crippen MR) is 91.3 cm³/mol. The summed E-state index contributed by atoms with van der Waals surface area (Å²) >= 11 is 0. The summed E-state index contributed by atoms with van der Waals surface area (Å²) in [7, 11) is 0. The minimum absolute atomic E-state index is 0.162. The van der Waals surface area contributed by atoms with E-state index < -0.39 is 0 Å². The molecule has 2 atom stereocenters. The SMILES string of the molecule is C1=CC2(c3ccc(-c4occ5ccccc45)nc3)CCN(C1)C2. The second-order valence-electron chi connectivity index (χ2n) is 6.63. The fourth-order valence-electron chi connectivity index (χ4n) is 3.98. The van der Waals surface area contributed by atoms with E-state index in [1.165, 1.54) is 18.5 Å². The maximum absolute atomic E-state index is 5.76. The maximum atomic E-state index is 5.76. The van der Waals surface area contributed by atoms with Crippen molar-refractivity contribution in [3.8, 4) is 11.5 Å². The fraction of sp³-hybridized carbons (Fsp3) is 0.250. The Morgan fingerprint density at radius 3 is 3.00 bits per heavy atom. The van der Waals surface area contributed by atoms with Crippen molar-refractivity contribution in [3.63, 3.8) is 0 Å². The van der Waals surface area contributed by atoms with Gasteiger partial charge in [0.2, 0.25) is 0 Å². The number of benzene rings is 1. The highest BCUT2D eigenvalue weighted by Crippen LogP contribution is 2.39. The second kappa shape index (κ2) is 4.80. The standard InChI is InChI=1S/C20H18N2O/c1-2-5-17-15(4-1)13-23-19(17)18-7-6-16(12-21-18)20-8-3-10-22(14-20)11-9-20/h1-8,12-13H,9-11,14H2. The highest BCUT2D eigenvalue weighted by Gasteiger charge is 2.39. The van der Waals surface area contributed by atoms with Gasteiger partial charge in [-0.1, -0.05) is 42.5 Å². The van der Waals surface area contributed by atoms with E-state index in [0.29, 0.717) is 0 Å². The Morgan fingerprint density at radius 2 is 2.09 bits per heavy atom. The highest BCUT2D eigenvalue weighted by atomic mass is 16.3. The minimum atomic E-state index is 0.162. The lowest BCUT2D eigenvalue weighted by Crippen LogP contribution is -2.33. The van der Waals surface area contributed by atoms with Crippen molar-refractivity contribution in [1.29, 1.82) is 0 Å². The van der Waals surface area contributed by atoms with Crippen molar-refractivity contribution in [2.45, 2.75) is 11.8 Å².